The number of nitrogens with one attached hydrogen (secondary N) is 1. The van der Waals surface area contributed by atoms with Gasteiger partial charge in [0, 0.05) is 6.42 Å². The highest BCUT2D eigenvalue weighted by atomic mass is 31.2. The van der Waals surface area contributed by atoms with Gasteiger partial charge in [-0.3, -0.25) is 9.36 Å². The molecule has 0 spiro atoms. The Balaban J connectivity index is 3.81. The van der Waals surface area contributed by atoms with Gasteiger partial charge in [-0.1, -0.05) is 314 Å². The minimum atomic E-state index is -4.60. The first-order valence-electron chi connectivity index (χ1n) is 32.4. The van der Waals surface area contributed by atoms with Crippen LogP contribution >= 0.6 is 7.82 Å². The maximum atomic E-state index is 12.9. The first-order chi connectivity index (χ1) is 36.0. The summed E-state index contributed by atoms with van der Waals surface area (Å²) in [6.07, 6.45) is 74.4. The summed E-state index contributed by atoms with van der Waals surface area (Å²) >= 11 is 0. The molecule has 9 heteroatoms. The van der Waals surface area contributed by atoms with E-state index < -0.39 is 26.6 Å². The van der Waals surface area contributed by atoms with Gasteiger partial charge in [0.05, 0.1) is 39.9 Å². The molecule has 0 aromatic heterocycles. The largest absolute Gasteiger partial charge is 0.756 e. The molecule has 0 rings (SSSR count). The van der Waals surface area contributed by atoms with Gasteiger partial charge in [-0.05, 0) is 38.5 Å². The molecule has 3 atom stereocenters. The zero-order chi connectivity index (χ0) is 54.2. The zero-order valence-electron chi connectivity index (χ0n) is 50.1. The van der Waals surface area contributed by atoms with Crippen LogP contribution in [-0.4, -0.2) is 68.5 Å². The van der Waals surface area contributed by atoms with Gasteiger partial charge in [0.15, 0.2) is 0 Å². The molecule has 2 N–H and O–H groups in total. The highest BCUT2D eigenvalue weighted by molar-refractivity contribution is 7.45. The van der Waals surface area contributed by atoms with Crippen LogP contribution in [0.5, 0.6) is 0 Å². The number of hydrogen-bond donors (Lipinski definition) is 2. The molecule has 0 aromatic carbocycles. The number of phosphoric acid groups is 1. The normalized spacial score (nSPS) is 14.0. The fourth-order valence-electron chi connectivity index (χ4n) is 9.76. The Bertz CT molecular complexity index is 1300. The molecule has 0 radical (unpaired) electrons. The van der Waals surface area contributed by atoms with Crippen LogP contribution in [-0.2, 0) is 18.4 Å². The van der Waals surface area contributed by atoms with E-state index in [9.17, 15) is 19.4 Å². The molecule has 0 aliphatic carbocycles. The van der Waals surface area contributed by atoms with Crippen molar-refractivity contribution in [2.24, 2.45) is 0 Å². The lowest BCUT2D eigenvalue weighted by Gasteiger charge is -2.29. The number of phosphoric ester groups is 1. The molecule has 0 aromatic rings. The molecule has 0 bridgehead atoms. The lowest BCUT2D eigenvalue weighted by Crippen LogP contribution is -2.45. The Hall–Kier alpha value is -1.28. The summed E-state index contributed by atoms with van der Waals surface area (Å²) in [4.78, 5) is 25.4. The summed E-state index contributed by atoms with van der Waals surface area (Å²) in [5.74, 6) is -0.207. The fourth-order valence-corrected chi connectivity index (χ4v) is 10.5. The molecule has 3 unspecified atom stereocenters. The quantitative estimate of drug-likeness (QED) is 0.0272. The molecule has 0 fully saturated rings. The zero-order valence-corrected chi connectivity index (χ0v) is 51.0. The summed E-state index contributed by atoms with van der Waals surface area (Å²) in [6.45, 7) is 4.60. The van der Waals surface area contributed by atoms with Crippen LogP contribution in [0.2, 0.25) is 0 Å². The summed E-state index contributed by atoms with van der Waals surface area (Å²) in [6, 6.07) is -0.907. The van der Waals surface area contributed by atoms with E-state index in [1.165, 1.54) is 250 Å². The second-order valence-electron chi connectivity index (χ2n) is 23.5. The van der Waals surface area contributed by atoms with Crippen LogP contribution in [0.4, 0.5) is 0 Å². The van der Waals surface area contributed by atoms with Crippen molar-refractivity contribution < 1.29 is 32.9 Å². The van der Waals surface area contributed by atoms with E-state index in [0.29, 0.717) is 17.4 Å². The lowest BCUT2D eigenvalue weighted by molar-refractivity contribution is -0.870. The summed E-state index contributed by atoms with van der Waals surface area (Å²) in [5.41, 5.74) is 0. The third kappa shape index (κ3) is 58.4. The van der Waals surface area contributed by atoms with Crippen LogP contribution in [0.1, 0.15) is 322 Å². The van der Waals surface area contributed by atoms with E-state index >= 15 is 0 Å². The number of amides is 1. The Morgan fingerprint density at radius 1 is 0.459 bits per heavy atom. The van der Waals surface area contributed by atoms with Crippen LogP contribution in [0.15, 0.2) is 36.5 Å². The van der Waals surface area contributed by atoms with Crippen LogP contribution in [0, 0.1) is 0 Å². The SMILES string of the molecule is CCCC/C=C/CC/C=C/CC/C=C/C(O)C(COP(=O)([O-])OCC[N+](C)(C)C)NC(=O)CCCCCCCCCCCCCCCCCCCCCCCCCCCCCCCCCCCCCCCCCC. The molecule has 0 heterocycles. The number of aliphatic hydroxyl groups excluding tert-OH is 1. The number of carbonyl (C=O) groups is 1. The number of quaternary nitrogens is 1. The maximum absolute atomic E-state index is 12.9. The molecule has 0 saturated carbocycles. The molecule has 438 valence electrons. The number of likely N-dealkylation sites (N-methyl/N-ethyl adjacent to an activating group) is 1. The number of aliphatic hydroxyl groups is 1. The third-order valence-electron chi connectivity index (χ3n) is 14.8. The standard InChI is InChI=1S/C65H127N2O6P/c1-6-8-10-12-14-16-18-20-21-22-23-24-25-26-27-28-29-30-31-32-33-34-35-36-37-38-39-40-41-42-43-44-45-46-47-49-51-53-55-57-59-65(69)66-63(62-73-74(70,71)72-61-60-67(3,4)5)64(68)58-56-54-52-50-48-19-17-15-13-11-9-7-2/h13,15,48,50,56,58,63-64,68H,6-12,14,16-47,49,51-55,57,59-62H2,1-5H3,(H-,66,69,70,71)/b15-13+,50-48+,58-56+. The minimum Gasteiger partial charge on any atom is -0.756 e. The van der Waals surface area contributed by atoms with Gasteiger partial charge in [-0.15, -0.1) is 0 Å². The summed E-state index contributed by atoms with van der Waals surface area (Å²) < 4.78 is 23.3. The Labute approximate surface area is 461 Å². The first kappa shape index (κ1) is 72.7. The monoisotopic (exact) mass is 1060 g/mol. The van der Waals surface area contributed by atoms with Crippen LogP contribution in [0.25, 0.3) is 0 Å². The average Bonchev–Trinajstić information content (AvgIpc) is 3.36. The predicted molar refractivity (Wildman–Crippen MR) is 321 cm³/mol. The number of carbonyl (C=O) groups excluding carboxylic acids is 1. The second kappa shape index (κ2) is 56.4. The minimum absolute atomic E-state index is 0.00772. The Morgan fingerprint density at radius 2 is 0.757 bits per heavy atom. The molecular formula is C65H127N2O6P. The smallest absolute Gasteiger partial charge is 0.268 e. The van der Waals surface area contributed by atoms with E-state index in [0.717, 1.165) is 51.4 Å². The van der Waals surface area contributed by atoms with E-state index in [4.69, 9.17) is 9.05 Å². The summed E-state index contributed by atoms with van der Waals surface area (Å²) in [5, 5.41) is 13.8. The van der Waals surface area contributed by atoms with Crippen molar-refractivity contribution in [2.45, 2.75) is 334 Å². The molecule has 1 amide bonds. The van der Waals surface area contributed by atoms with Gasteiger partial charge in [0.1, 0.15) is 13.2 Å². The molecule has 0 aliphatic heterocycles. The van der Waals surface area contributed by atoms with Crippen molar-refractivity contribution in [1.29, 1.82) is 0 Å². The third-order valence-corrected chi connectivity index (χ3v) is 15.8. The Morgan fingerprint density at radius 3 is 1.08 bits per heavy atom. The molecule has 0 aliphatic rings. The first-order valence-corrected chi connectivity index (χ1v) is 33.8. The van der Waals surface area contributed by atoms with Crippen molar-refractivity contribution in [1.82, 2.24) is 5.32 Å². The molecule has 0 saturated heterocycles. The van der Waals surface area contributed by atoms with E-state index in [1.807, 2.05) is 27.2 Å². The maximum Gasteiger partial charge on any atom is 0.268 e. The van der Waals surface area contributed by atoms with Crippen molar-refractivity contribution >= 4 is 13.7 Å². The number of hydrogen-bond acceptors (Lipinski definition) is 6. The van der Waals surface area contributed by atoms with Crippen molar-refractivity contribution in [3.8, 4) is 0 Å². The number of allylic oxidation sites excluding steroid dienone is 5. The number of nitrogens with zero attached hydrogens (tertiary/aromatic N) is 1. The molecule has 74 heavy (non-hydrogen) atoms. The molecule has 8 nitrogen and oxygen atoms in total. The second-order valence-corrected chi connectivity index (χ2v) is 24.9. The van der Waals surface area contributed by atoms with Crippen molar-refractivity contribution in [2.75, 3.05) is 40.9 Å². The van der Waals surface area contributed by atoms with Gasteiger partial charge >= 0.3 is 0 Å². The van der Waals surface area contributed by atoms with Crippen molar-refractivity contribution in [3.63, 3.8) is 0 Å². The van der Waals surface area contributed by atoms with E-state index in [-0.39, 0.29) is 12.5 Å². The Kier molecular flexibility index (Phi) is 55.5. The van der Waals surface area contributed by atoms with Crippen molar-refractivity contribution in [3.05, 3.63) is 36.5 Å². The lowest BCUT2D eigenvalue weighted by atomic mass is 10.0. The van der Waals surface area contributed by atoms with E-state index in [1.54, 1.807) is 6.08 Å². The average molecular weight is 1060 g/mol. The number of unbranched alkanes of at least 4 members (excludes halogenated alkanes) is 43. The predicted octanol–water partition coefficient (Wildman–Crippen LogP) is 19.5. The highest BCUT2D eigenvalue weighted by Gasteiger charge is 2.23. The fraction of sp³-hybridized carbons (Fsp3) is 0.892. The molecular weight excluding hydrogens is 936 g/mol. The van der Waals surface area contributed by atoms with Gasteiger partial charge in [-0.2, -0.15) is 0 Å². The van der Waals surface area contributed by atoms with Gasteiger partial charge in [-0.25, -0.2) is 0 Å². The number of rotatable bonds is 60. The highest BCUT2D eigenvalue weighted by Crippen LogP contribution is 2.38. The summed E-state index contributed by atoms with van der Waals surface area (Å²) in [7, 11) is 1.24. The van der Waals surface area contributed by atoms with Gasteiger partial charge in [0.2, 0.25) is 5.91 Å². The van der Waals surface area contributed by atoms with Crippen LogP contribution < -0.4 is 10.2 Å². The van der Waals surface area contributed by atoms with E-state index in [2.05, 4.69) is 43.5 Å². The topological polar surface area (TPSA) is 108 Å². The van der Waals surface area contributed by atoms with Gasteiger partial charge in [0.25, 0.3) is 7.82 Å². The van der Waals surface area contributed by atoms with Crippen LogP contribution in [0.3, 0.4) is 0 Å². The van der Waals surface area contributed by atoms with Gasteiger partial charge < -0.3 is 28.8 Å².